The van der Waals surface area contributed by atoms with Crippen molar-refractivity contribution in [2.75, 3.05) is 30.4 Å². The highest BCUT2D eigenvalue weighted by molar-refractivity contribution is 5.24. The molecule has 0 spiro atoms. The highest BCUT2D eigenvalue weighted by Gasteiger charge is 2.34. The second kappa shape index (κ2) is 6.94. The van der Waals surface area contributed by atoms with Crippen molar-refractivity contribution in [3.63, 3.8) is 0 Å². The summed E-state index contributed by atoms with van der Waals surface area (Å²) in [5.74, 6) is 0.512. The van der Waals surface area contributed by atoms with Gasteiger partial charge in [0.25, 0.3) is 0 Å². The molecule has 1 aliphatic heterocycles. The summed E-state index contributed by atoms with van der Waals surface area (Å²) in [6.07, 6.45) is 1.47. The summed E-state index contributed by atoms with van der Waals surface area (Å²) in [5.41, 5.74) is 8.60. The molecule has 0 bridgehead atoms. The highest BCUT2D eigenvalue weighted by atomic mass is 16.5. The molecule has 0 saturated carbocycles. The van der Waals surface area contributed by atoms with Crippen LogP contribution in [0.1, 0.15) is 17.2 Å². The van der Waals surface area contributed by atoms with Crippen molar-refractivity contribution < 1.29 is 9.31 Å². The third kappa shape index (κ3) is 3.34. The first-order valence-electron chi connectivity index (χ1n) is 8.51. The number of nitrogen functional groups attached to an aromatic ring is 1. The minimum absolute atomic E-state index is 0.163. The van der Waals surface area contributed by atoms with Gasteiger partial charge in [-0.3, -0.25) is 10.6 Å². The maximum atomic E-state index is 6.02. The second-order valence-corrected chi connectivity index (χ2v) is 6.33. The lowest BCUT2D eigenvalue weighted by Crippen LogP contribution is -2.67. The molecule has 4 rings (SSSR count). The Labute approximate surface area is 147 Å². The molecule has 6 heteroatoms. The van der Waals surface area contributed by atoms with Gasteiger partial charge in [0.15, 0.2) is 0 Å². The maximum absolute atomic E-state index is 6.02. The molecule has 2 N–H and O–H groups in total. The number of hydrogen-bond donors (Lipinski definition) is 1. The van der Waals surface area contributed by atoms with Crippen molar-refractivity contribution in [3.05, 3.63) is 78.1 Å². The summed E-state index contributed by atoms with van der Waals surface area (Å²) in [6.45, 7) is 3.61. The average molecular weight is 336 g/mol. The molecule has 0 amide bonds. The van der Waals surface area contributed by atoms with E-state index < -0.39 is 0 Å². The van der Waals surface area contributed by atoms with E-state index in [4.69, 9.17) is 10.3 Å². The van der Waals surface area contributed by atoms with Gasteiger partial charge in [-0.05, 0) is 11.1 Å². The number of aromatic nitrogens is 2. The van der Waals surface area contributed by atoms with Gasteiger partial charge < -0.3 is 4.52 Å². The maximum Gasteiger partial charge on any atom is 0.360 e. The fourth-order valence-corrected chi connectivity index (χ4v) is 3.41. The van der Waals surface area contributed by atoms with E-state index in [2.05, 4.69) is 69.8 Å². The quantitative estimate of drug-likeness (QED) is 0.735. The molecule has 128 valence electrons. The molecule has 1 unspecified atom stereocenters. The minimum atomic E-state index is 0.163. The number of hydrogen-bond acceptors (Lipinski definition) is 5. The lowest BCUT2D eigenvalue weighted by Gasteiger charge is -2.39. The van der Waals surface area contributed by atoms with Crippen molar-refractivity contribution in [1.82, 2.24) is 10.2 Å². The number of nitrogens with zero attached hydrogens (tertiary/aromatic N) is 4. The molecule has 2 aromatic carbocycles. The van der Waals surface area contributed by atoms with E-state index >= 15 is 0 Å². The predicted molar refractivity (Wildman–Crippen MR) is 95.1 cm³/mol. The van der Waals surface area contributed by atoms with Crippen molar-refractivity contribution >= 4 is 5.82 Å². The molecule has 3 aromatic rings. The molecule has 1 atom stereocenters. The van der Waals surface area contributed by atoms with Gasteiger partial charge in [-0.15, -0.1) is 0 Å². The smallest absolute Gasteiger partial charge is 0.322 e. The summed E-state index contributed by atoms with van der Waals surface area (Å²) in [5, 5.41) is 6.22. The van der Waals surface area contributed by atoms with E-state index in [-0.39, 0.29) is 6.04 Å². The predicted octanol–water partition coefficient (Wildman–Crippen LogP) is 1.74. The fourth-order valence-electron chi connectivity index (χ4n) is 3.41. The lowest BCUT2D eigenvalue weighted by atomic mass is 10.0. The molecule has 0 aliphatic carbocycles. The van der Waals surface area contributed by atoms with Crippen LogP contribution < -0.4 is 15.5 Å². The van der Waals surface area contributed by atoms with Crippen molar-refractivity contribution in [1.29, 1.82) is 0 Å². The van der Waals surface area contributed by atoms with E-state index in [1.807, 2.05) is 6.07 Å². The van der Waals surface area contributed by atoms with Crippen LogP contribution in [0.15, 0.2) is 71.4 Å². The Kier molecular flexibility index (Phi) is 4.35. The Morgan fingerprint density at radius 2 is 1.76 bits per heavy atom. The van der Waals surface area contributed by atoms with E-state index in [0.717, 1.165) is 26.2 Å². The normalized spacial score (nSPS) is 18.4. The Bertz CT molecular complexity index is 805. The first-order valence-corrected chi connectivity index (χ1v) is 8.51. The molecule has 0 radical (unpaired) electrons. The fraction of sp³-hybridized carbons (Fsp3) is 0.263. The monoisotopic (exact) mass is 336 g/mol. The average Bonchev–Trinajstić information content (AvgIpc) is 3.09. The third-order valence-electron chi connectivity index (χ3n) is 4.64. The van der Waals surface area contributed by atoms with Gasteiger partial charge >= 0.3 is 5.82 Å². The van der Waals surface area contributed by atoms with Gasteiger partial charge in [0, 0.05) is 24.4 Å². The Morgan fingerprint density at radius 3 is 2.44 bits per heavy atom. The van der Waals surface area contributed by atoms with Crippen LogP contribution >= 0.6 is 0 Å². The molecular formula is C19H22N5O+. The molecular weight excluding hydrogens is 314 g/mol. The summed E-state index contributed by atoms with van der Waals surface area (Å²) in [6, 6.07) is 21.2. The van der Waals surface area contributed by atoms with Gasteiger partial charge in [0.05, 0.1) is 6.54 Å². The zero-order chi connectivity index (χ0) is 17.1. The number of benzene rings is 2. The Hall–Kier alpha value is -2.86. The molecule has 2 heterocycles. The first-order chi connectivity index (χ1) is 12.3. The molecule has 1 aromatic heterocycles. The van der Waals surface area contributed by atoms with Gasteiger partial charge in [0.1, 0.15) is 11.3 Å². The van der Waals surface area contributed by atoms with Gasteiger partial charge in [-0.1, -0.05) is 60.7 Å². The molecule has 1 saturated heterocycles. The van der Waals surface area contributed by atoms with E-state index in [1.165, 1.54) is 17.4 Å². The van der Waals surface area contributed by atoms with Crippen molar-refractivity contribution in [3.8, 4) is 0 Å². The lowest BCUT2D eigenvalue weighted by molar-refractivity contribution is -0.751. The number of rotatable bonds is 4. The Morgan fingerprint density at radius 1 is 1.04 bits per heavy atom. The third-order valence-corrected chi connectivity index (χ3v) is 4.64. The zero-order valence-electron chi connectivity index (χ0n) is 14.0. The number of anilines is 1. The number of piperazine rings is 1. The molecule has 6 nitrogen and oxygen atoms in total. The largest absolute Gasteiger partial charge is 0.360 e. The van der Waals surface area contributed by atoms with Crippen LogP contribution in [0.5, 0.6) is 0 Å². The van der Waals surface area contributed by atoms with Crippen molar-refractivity contribution in [2.24, 2.45) is 0 Å². The van der Waals surface area contributed by atoms with Crippen LogP contribution in [0.4, 0.5) is 5.82 Å². The van der Waals surface area contributed by atoms with Crippen LogP contribution in [0.25, 0.3) is 0 Å². The van der Waals surface area contributed by atoms with Gasteiger partial charge in [0.2, 0.25) is 6.26 Å². The summed E-state index contributed by atoms with van der Waals surface area (Å²) in [7, 11) is 0. The zero-order valence-corrected chi connectivity index (χ0v) is 14.0. The van der Waals surface area contributed by atoms with Crippen LogP contribution in [0.3, 0.4) is 0 Å². The molecule has 25 heavy (non-hydrogen) atoms. The highest BCUT2D eigenvalue weighted by Crippen LogP contribution is 2.23. The van der Waals surface area contributed by atoms with Crippen LogP contribution in [0, 0.1) is 0 Å². The number of nitrogens with two attached hydrogens (primary N) is 1. The van der Waals surface area contributed by atoms with Crippen molar-refractivity contribution in [2.45, 2.75) is 12.6 Å². The van der Waals surface area contributed by atoms with Gasteiger partial charge in [-0.25, -0.2) is 5.01 Å². The van der Waals surface area contributed by atoms with Gasteiger partial charge in [-0.2, -0.15) is 0 Å². The standard InChI is InChI=1S/C19H22N5O/c20-19-15-25-21-24(19)23-12-11-22(13-16-7-3-1-4-8-16)14-18(23)17-9-5-2-6-10-17/h1-10,15,18H,11-14,20H2/q+1. The Balaban J connectivity index is 1.59. The van der Waals surface area contributed by atoms with E-state index in [0.29, 0.717) is 5.82 Å². The van der Waals surface area contributed by atoms with Crippen LogP contribution in [0.2, 0.25) is 0 Å². The summed E-state index contributed by atoms with van der Waals surface area (Å²) >= 11 is 0. The summed E-state index contributed by atoms with van der Waals surface area (Å²) in [4.78, 5) is 4.15. The first kappa shape index (κ1) is 15.7. The minimum Gasteiger partial charge on any atom is -0.322 e. The second-order valence-electron chi connectivity index (χ2n) is 6.33. The van der Waals surface area contributed by atoms with E-state index in [9.17, 15) is 0 Å². The van der Waals surface area contributed by atoms with Crippen LogP contribution in [-0.2, 0) is 6.54 Å². The SMILES string of the molecule is Nc1con[n+]1N1CCN(Cc2ccccc2)CC1c1ccccc1. The van der Waals surface area contributed by atoms with E-state index in [1.54, 1.807) is 4.79 Å². The van der Waals surface area contributed by atoms with Crippen LogP contribution in [-0.4, -0.2) is 29.8 Å². The molecule has 1 aliphatic rings. The topological polar surface area (TPSA) is 62.4 Å². The summed E-state index contributed by atoms with van der Waals surface area (Å²) < 4.78 is 5.04. The molecule has 1 fully saturated rings.